The molecule has 3 N–H and O–H groups in total. The van der Waals surface area contributed by atoms with Crippen LogP contribution in [-0.4, -0.2) is 4.98 Å². The van der Waals surface area contributed by atoms with Crippen LogP contribution >= 0.6 is 22.7 Å². The highest BCUT2D eigenvalue weighted by molar-refractivity contribution is 7.09. The minimum absolute atomic E-state index is 0.164. The van der Waals surface area contributed by atoms with Gasteiger partial charge in [-0.1, -0.05) is 0 Å². The van der Waals surface area contributed by atoms with Gasteiger partial charge in [0.2, 0.25) is 0 Å². The Kier molecular flexibility index (Phi) is 3.70. The lowest BCUT2D eigenvalue weighted by Gasteiger charge is -2.14. The van der Waals surface area contributed by atoms with E-state index in [1.165, 1.54) is 11.1 Å². The molecule has 1 atom stereocenters. The van der Waals surface area contributed by atoms with Crippen molar-refractivity contribution in [3.05, 3.63) is 38.0 Å². The number of aromatic nitrogens is 1. The quantitative estimate of drug-likeness (QED) is 0.650. The van der Waals surface area contributed by atoms with Gasteiger partial charge in [0.05, 0.1) is 11.0 Å². The fourth-order valence-electron chi connectivity index (χ4n) is 1.66. The van der Waals surface area contributed by atoms with Crippen LogP contribution in [0.5, 0.6) is 0 Å². The minimum atomic E-state index is 0.164. The molecule has 16 heavy (non-hydrogen) atoms. The van der Waals surface area contributed by atoms with Crippen LogP contribution < -0.4 is 11.3 Å². The van der Waals surface area contributed by atoms with E-state index in [0.29, 0.717) is 0 Å². The van der Waals surface area contributed by atoms with Gasteiger partial charge in [-0.25, -0.2) is 4.98 Å². The fourth-order valence-corrected chi connectivity index (χ4v) is 3.38. The number of hydrogen-bond acceptors (Lipinski definition) is 5. The molecule has 0 saturated carbocycles. The fraction of sp³-hybridized carbons (Fsp3) is 0.364. The first-order valence-corrected chi connectivity index (χ1v) is 6.92. The van der Waals surface area contributed by atoms with E-state index >= 15 is 0 Å². The first-order chi connectivity index (χ1) is 7.70. The second-order valence-electron chi connectivity index (χ2n) is 3.82. The molecule has 1 unspecified atom stereocenters. The summed E-state index contributed by atoms with van der Waals surface area (Å²) in [6.45, 7) is 4.13. The monoisotopic (exact) mass is 253 g/mol. The van der Waals surface area contributed by atoms with E-state index in [0.717, 1.165) is 17.1 Å². The number of nitrogens with zero attached hydrogens (tertiary/aromatic N) is 1. The Morgan fingerprint density at radius 1 is 1.38 bits per heavy atom. The molecule has 0 radical (unpaired) electrons. The van der Waals surface area contributed by atoms with Gasteiger partial charge in [0.15, 0.2) is 0 Å². The number of rotatable bonds is 4. The van der Waals surface area contributed by atoms with E-state index in [-0.39, 0.29) is 6.04 Å². The van der Waals surface area contributed by atoms with Gasteiger partial charge in [-0.05, 0) is 35.7 Å². The van der Waals surface area contributed by atoms with Crippen LogP contribution in [0, 0.1) is 13.8 Å². The van der Waals surface area contributed by atoms with Gasteiger partial charge in [-0.3, -0.25) is 11.3 Å². The number of hydrazine groups is 1. The molecule has 2 heterocycles. The van der Waals surface area contributed by atoms with Crippen LogP contribution in [0.15, 0.2) is 16.1 Å². The van der Waals surface area contributed by atoms with Crippen molar-refractivity contribution in [1.82, 2.24) is 10.4 Å². The van der Waals surface area contributed by atoms with Gasteiger partial charge in [-0.15, -0.1) is 11.3 Å². The summed E-state index contributed by atoms with van der Waals surface area (Å²) in [5.74, 6) is 5.62. The maximum absolute atomic E-state index is 5.62. The molecule has 2 rings (SSSR count). The largest absolute Gasteiger partial charge is 0.271 e. The maximum Gasteiger partial charge on any atom is 0.0947 e. The molecule has 5 heteroatoms. The van der Waals surface area contributed by atoms with Crippen LogP contribution in [0.3, 0.4) is 0 Å². The van der Waals surface area contributed by atoms with Crippen LogP contribution in [0.4, 0.5) is 0 Å². The van der Waals surface area contributed by atoms with Crippen molar-refractivity contribution < 1.29 is 0 Å². The van der Waals surface area contributed by atoms with E-state index < -0.39 is 0 Å². The first kappa shape index (κ1) is 11.7. The number of thiazole rings is 1. The summed E-state index contributed by atoms with van der Waals surface area (Å²) in [6, 6.07) is 0.164. The number of hydrogen-bond donors (Lipinski definition) is 2. The number of nitrogens with one attached hydrogen (secondary N) is 1. The Morgan fingerprint density at radius 3 is 2.69 bits per heavy atom. The zero-order valence-corrected chi connectivity index (χ0v) is 11.0. The predicted molar refractivity (Wildman–Crippen MR) is 69.7 cm³/mol. The molecule has 0 aromatic carbocycles. The summed E-state index contributed by atoms with van der Waals surface area (Å²) in [6.07, 6.45) is 0.854. The molecule has 0 aliphatic carbocycles. The van der Waals surface area contributed by atoms with Crippen LogP contribution in [0.25, 0.3) is 0 Å². The third-order valence-electron chi connectivity index (χ3n) is 2.52. The highest BCUT2D eigenvalue weighted by Crippen LogP contribution is 2.25. The third kappa shape index (κ3) is 2.49. The van der Waals surface area contributed by atoms with Gasteiger partial charge in [0, 0.05) is 17.5 Å². The van der Waals surface area contributed by atoms with Crippen LogP contribution in [-0.2, 0) is 6.42 Å². The van der Waals surface area contributed by atoms with Gasteiger partial charge >= 0.3 is 0 Å². The third-order valence-corrected chi connectivity index (χ3v) is 4.39. The van der Waals surface area contributed by atoms with Crippen molar-refractivity contribution in [3.63, 3.8) is 0 Å². The minimum Gasteiger partial charge on any atom is -0.271 e. The Balaban J connectivity index is 2.15. The molecular formula is C11H15N3S2. The van der Waals surface area contributed by atoms with Gasteiger partial charge in [0.25, 0.3) is 0 Å². The molecule has 0 aliphatic rings. The summed E-state index contributed by atoms with van der Waals surface area (Å²) >= 11 is 3.41. The highest BCUT2D eigenvalue weighted by Gasteiger charge is 2.15. The standard InChI is InChI=1S/C11H15N3S2/c1-7-4-15-6-9(7)10(14-12)3-11-13-8(2)5-16-11/h4-6,10,14H,3,12H2,1-2H3. The van der Waals surface area contributed by atoms with E-state index in [4.69, 9.17) is 5.84 Å². The molecular weight excluding hydrogens is 238 g/mol. The normalized spacial score (nSPS) is 12.9. The number of nitrogens with two attached hydrogens (primary N) is 1. The zero-order chi connectivity index (χ0) is 11.5. The molecule has 0 aliphatic heterocycles. The maximum atomic E-state index is 5.62. The van der Waals surface area contributed by atoms with Crippen molar-refractivity contribution in [1.29, 1.82) is 0 Å². The highest BCUT2D eigenvalue weighted by atomic mass is 32.1. The Morgan fingerprint density at radius 2 is 2.19 bits per heavy atom. The topological polar surface area (TPSA) is 50.9 Å². The van der Waals surface area contributed by atoms with E-state index in [9.17, 15) is 0 Å². The molecule has 0 amide bonds. The summed E-state index contributed by atoms with van der Waals surface area (Å²) in [5.41, 5.74) is 6.53. The average molecular weight is 253 g/mol. The second-order valence-corrected chi connectivity index (χ2v) is 5.50. The van der Waals surface area contributed by atoms with Crippen LogP contribution in [0.1, 0.15) is 27.9 Å². The van der Waals surface area contributed by atoms with Crippen molar-refractivity contribution >= 4 is 22.7 Å². The van der Waals surface area contributed by atoms with Crippen molar-refractivity contribution in [2.24, 2.45) is 5.84 Å². The number of aryl methyl sites for hydroxylation is 2. The van der Waals surface area contributed by atoms with Gasteiger partial charge in [0.1, 0.15) is 0 Å². The molecule has 86 valence electrons. The van der Waals surface area contributed by atoms with Crippen molar-refractivity contribution in [2.45, 2.75) is 26.3 Å². The van der Waals surface area contributed by atoms with Gasteiger partial charge in [-0.2, -0.15) is 11.3 Å². The first-order valence-electron chi connectivity index (χ1n) is 5.10. The summed E-state index contributed by atoms with van der Waals surface area (Å²) < 4.78 is 0. The van der Waals surface area contributed by atoms with E-state index in [1.54, 1.807) is 22.7 Å². The number of thiophene rings is 1. The summed E-state index contributed by atoms with van der Waals surface area (Å²) in [4.78, 5) is 4.46. The lowest BCUT2D eigenvalue weighted by molar-refractivity contribution is 0.549. The molecule has 0 fully saturated rings. The Labute approximate surface area is 103 Å². The SMILES string of the molecule is Cc1csc(CC(NN)c2cscc2C)n1. The predicted octanol–water partition coefficient (Wildman–Crippen LogP) is 2.57. The summed E-state index contributed by atoms with van der Waals surface area (Å²) in [7, 11) is 0. The van der Waals surface area contributed by atoms with E-state index in [2.05, 4.69) is 33.5 Å². The molecule has 2 aromatic heterocycles. The second kappa shape index (κ2) is 5.05. The molecule has 2 aromatic rings. The van der Waals surface area contributed by atoms with Crippen molar-refractivity contribution in [3.8, 4) is 0 Å². The lowest BCUT2D eigenvalue weighted by atomic mass is 10.0. The lowest BCUT2D eigenvalue weighted by Crippen LogP contribution is -2.29. The molecule has 3 nitrogen and oxygen atoms in total. The van der Waals surface area contributed by atoms with E-state index in [1.807, 2.05) is 6.92 Å². The van der Waals surface area contributed by atoms with Gasteiger partial charge < -0.3 is 0 Å². The smallest absolute Gasteiger partial charge is 0.0947 e. The Hall–Kier alpha value is -0.750. The molecule has 0 spiro atoms. The molecule has 0 bridgehead atoms. The van der Waals surface area contributed by atoms with Crippen LogP contribution in [0.2, 0.25) is 0 Å². The van der Waals surface area contributed by atoms with Crippen molar-refractivity contribution in [2.75, 3.05) is 0 Å². The Bertz CT molecular complexity index is 461. The summed E-state index contributed by atoms with van der Waals surface area (Å²) in [5, 5.41) is 7.50. The molecule has 0 saturated heterocycles. The average Bonchev–Trinajstić information content (AvgIpc) is 2.84. The zero-order valence-electron chi connectivity index (χ0n) is 9.36.